The Morgan fingerprint density at radius 2 is 1.74 bits per heavy atom. The van der Waals surface area contributed by atoms with Crippen molar-refractivity contribution >= 4 is 11.5 Å². The monoisotopic (exact) mass is 490 g/mol. The molecule has 0 aliphatic carbocycles. The summed E-state index contributed by atoms with van der Waals surface area (Å²) in [7, 11) is 3.34. The molecule has 0 saturated carbocycles. The minimum atomic E-state index is -1.11. The third-order valence-corrected chi connectivity index (χ3v) is 6.03. The zero-order valence-electron chi connectivity index (χ0n) is 18.4. The maximum absolute atomic E-state index is 12.0. The number of rotatable bonds is 6. The van der Waals surface area contributed by atoms with Crippen molar-refractivity contribution in [2.45, 2.75) is 38.3 Å². The smallest absolute Gasteiger partial charge is 0.271 e. The van der Waals surface area contributed by atoms with Gasteiger partial charge < -0.3 is 36.3 Å². The average Bonchev–Trinajstić information content (AvgIpc) is 2.92. The second-order valence-electron chi connectivity index (χ2n) is 7.78. The Kier molecular flexibility index (Phi) is 7.49. The molecule has 0 fully saturated rings. The van der Waals surface area contributed by atoms with Gasteiger partial charge in [-0.1, -0.05) is 0 Å². The van der Waals surface area contributed by atoms with E-state index in [-0.39, 0.29) is 17.0 Å². The highest BCUT2D eigenvalue weighted by molar-refractivity contribution is 5.97. The molecule has 0 saturated heterocycles. The van der Waals surface area contributed by atoms with Crippen LogP contribution < -0.4 is 36.1 Å². The molecule has 4 rings (SSSR count). The number of β-amino-alcohol motifs (C(OH)–C–C–N with tert-alkyl or cyclic N) is 1. The van der Waals surface area contributed by atoms with Gasteiger partial charge in [-0.2, -0.15) is 0 Å². The van der Waals surface area contributed by atoms with Crippen molar-refractivity contribution in [2.75, 3.05) is 38.8 Å². The summed E-state index contributed by atoms with van der Waals surface area (Å²) < 4.78 is 18.9. The first kappa shape index (κ1) is 23.4. The Hall–Kier alpha value is -2.25. The molecule has 6 nitrogen and oxygen atoms in total. The van der Waals surface area contributed by atoms with E-state index in [1.165, 1.54) is 0 Å². The van der Waals surface area contributed by atoms with Crippen molar-refractivity contribution in [3.05, 3.63) is 48.0 Å². The number of ether oxygens (including phenoxy) is 3. The molecule has 2 aliphatic rings. The molecular formula is C24H31BrN2O4. The number of anilines is 1. The molecule has 0 radical (unpaired) electrons. The topological polar surface area (TPSA) is 54.2 Å². The molecule has 0 amide bonds. The Bertz CT molecular complexity index is 932. The number of nitrogens with zero attached hydrogens (tertiary/aromatic N) is 2. The fourth-order valence-corrected chi connectivity index (χ4v) is 4.53. The number of hydrogen-bond acceptors (Lipinski definition) is 5. The molecule has 1 unspecified atom stereocenters. The number of halogens is 1. The van der Waals surface area contributed by atoms with Crippen molar-refractivity contribution in [3.8, 4) is 17.2 Å². The highest BCUT2D eigenvalue weighted by Crippen LogP contribution is 2.40. The van der Waals surface area contributed by atoms with E-state index in [0.717, 1.165) is 66.6 Å². The summed E-state index contributed by atoms with van der Waals surface area (Å²) in [5.41, 5.74) is 0.675. The van der Waals surface area contributed by atoms with Gasteiger partial charge in [0, 0.05) is 18.1 Å². The molecular weight excluding hydrogens is 460 g/mol. The number of aliphatic hydroxyl groups is 1. The molecule has 0 bridgehead atoms. The van der Waals surface area contributed by atoms with Gasteiger partial charge in [0.25, 0.3) is 11.6 Å². The number of methoxy groups -OCH3 is 2. The predicted octanol–water partition coefficient (Wildman–Crippen LogP) is 0.757. The van der Waals surface area contributed by atoms with E-state index in [1.54, 1.807) is 14.2 Å². The molecule has 2 aromatic carbocycles. The van der Waals surface area contributed by atoms with E-state index in [9.17, 15) is 5.11 Å². The maximum Gasteiger partial charge on any atom is 0.271 e. The number of benzene rings is 2. The normalized spacial score (nSPS) is 20.6. The van der Waals surface area contributed by atoms with Gasteiger partial charge in [0.1, 0.15) is 11.5 Å². The second kappa shape index (κ2) is 9.92. The molecule has 168 valence electrons. The van der Waals surface area contributed by atoms with Crippen LogP contribution in [0.2, 0.25) is 0 Å². The lowest BCUT2D eigenvalue weighted by molar-refractivity contribution is -0.658. The standard InChI is InChI=1S/C24H31N2O4.BrH/c1-4-30-19-11-9-18(10-12-19)24(27)17-25(23-8-6-5-7-15-26(23)24)21-16-20(28-2)13-14-22(21)29-3;/h9-14,16,27H,4-8,15,17H2,1-3H3;1H/q+1;/p-1. The molecule has 31 heavy (non-hydrogen) atoms. The van der Waals surface area contributed by atoms with Gasteiger partial charge >= 0.3 is 0 Å². The van der Waals surface area contributed by atoms with Crippen LogP contribution in [0.5, 0.6) is 17.2 Å². The molecule has 0 spiro atoms. The first-order valence-electron chi connectivity index (χ1n) is 10.7. The van der Waals surface area contributed by atoms with E-state index in [2.05, 4.69) is 9.48 Å². The van der Waals surface area contributed by atoms with Gasteiger partial charge in [0.2, 0.25) is 0 Å². The lowest BCUT2D eigenvalue weighted by Crippen LogP contribution is -3.00. The van der Waals surface area contributed by atoms with Crippen LogP contribution in [0.1, 0.15) is 38.2 Å². The summed E-state index contributed by atoms with van der Waals surface area (Å²) in [6.45, 7) is 3.84. The third-order valence-electron chi connectivity index (χ3n) is 6.03. The Labute approximate surface area is 194 Å². The number of hydrogen-bond donors (Lipinski definition) is 1. The van der Waals surface area contributed by atoms with Gasteiger partial charge in [-0.3, -0.25) is 0 Å². The summed E-state index contributed by atoms with van der Waals surface area (Å²) in [6, 6.07) is 13.6. The third kappa shape index (κ3) is 4.39. The van der Waals surface area contributed by atoms with Gasteiger partial charge in [-0.25, -0.2) is 9.48 Å². The zero-order valence-corrected chi connectivity index (χ0v) is 20.0. The molecule has 7 heteroatoms. The Morgan fingerprint density at radius 1 is 1.00 bits per heavy atom. The summed E-state index contributed by atoms with van der Waals surface area (Å²) >= 11 is 0. The van der Waals surface area contributed by atoms with Gasteiger partial charge in [-0.05, 0) is 62.6 Å². The lowest BCUT2D eigenvalue weighted by atomic mass is 10.0. The Balaban J connectivity index is 0.00000272. The maximum atomic E-state index is 12.0. The summed E-state index contributed by atoms with van der Waals surface area (Å²) in [5.74, 6) is 3.48. The van der Waals surface area contributed by atoms with Crippen LogP contribution in [-0.2, 0) is 5.72 Å². The molecule has 2 aromatic rings. The van der Waals surface area contributed by atoms with E-state index in [4.69, 9.17) is 14.2 Å². The summed E-state index contributed by atoms with van der Waals surface area (Å²) in [5, 5.41) is 12.0. The summed E-state index contributed by atoms with van der Waals surface area (Å²) in [6.07, 6.45) is 4.24. The van der Waals surface area contributed by atoms with Crippen molar-refractivity contribution in [3.63, 3.8) is 0 Å². The van der Waals surface area contributed by atoms with Crippen LogP contribution in [0.15, 0.2) is 42.5 Å². The highest BCUT2D eigenvalue weighted by atomic mass is 79.9. The molecule has 1 atom stereocenters. The largest absolute Gasteiger partial charge is 1.00 e. The minimum absolute atomic E-state index is 0. The number of amidine groups is 1. The van der Waals surface area contributed by atoms with E-state index < -0.39 is 5.72 Å². The first-order chi connectivity index (χ1) is 14.6. The first-order valence-corrected chi connectivity index (χ1v) is 10.7. The van der Waals surface area contributed by atoms with E-state index in [0.29, 0.717) is 13.2 Å². The van der Waals surface area contributed by atoms with Gasteiger partial charge in [-0.15, -0.1) is 0 Å². The van der Waals surface area contributed by atoms with Crippen molar-refractivity contribution in [2.24, 2.45) is 0 Å². The van der Waals surface area contributed by atoms with Crippen molar-refractivity contribution < 1.29 is 40.9 Å². The van der Waals surface area contributed by atoms with Gasteiger partial charge in [0.05, 0.1) is 27.4 Å². The van der Waals surface area contributed by atoms with Crippen molar-refractivity contribution in [1.29, 1.82) is 0 Å². The lowest BCUT2D eigenvalue weighted by Gasteiger charge is -2.24. The van der Waals surface area contributed by atoms with Crippen molar-refractivity contribution in [1.82, 2.24) is 0 Å². The molecule has 2 heterocycles. The minimum Gasteiger partial charge on any atom is -1.00 e. The van der Waals surface area contributed by atoms with E-state index >= 15 is 0 Å². The molecule has 0 aromatic heterocycles. The van der Waals surface area contributed by atoms with E-state index in [1.807, 2.05) is 49.4 Å². The van der Waals surface area contributed by atoms with Crippen LogP contribution in [0.3, 0.4) is 0 Å². The zero-order chi connectivity index (χ0) is 21.1. The fraction of sp³-hybridized carbons (Fsp3) is 0.458. The van der Waals surface area contributed by atoms with Crippen LogP contribution in [0.4, 0.5) is 5.69 Å². The van der Waals surface area contributed by atoms with Crippen LogP contribution in [-0.4, -0.2) is 49.4 Å². The second-order valence-corrected chi connectivity index (χ2v) is 7.78. The average molecular weight is 491 g/mol. The highest BCUT2D eigenvalue weighted by Gasteiger charge is 2.52. The van der Waals surface area contributed by atoms with Crippen LogP contribution in [0.25, 0.3) is 0 Å². The molecule has 1 N–H and O–H groups in total. The van der Waals surface area contributed by atoms with Crippen LogP contribution in [0, 0.1) is 0 Å². The quantitative estimate of drug-likeness (QED) is 0.605. The Morgan fingerprint density at radius 3 is 2.42 bits per heavy atom. The summed E-state index contributed by atoms with van der Waals surface area (Å²) in [4.78, 5) is 2.20. The fourth-order valence-electron chi connectivity index (χ4n) is 4.53. The van der Waals surface area contributed by atoms with Gasteiger partial charge in [0.15, 0.2) is 18.0 Å². The predicted molar refractivity (Wildman–Crippen MR) is 117 cm³/mol. The SMILES string of the molecule is CCOc1ccc(C2(O)CN(c3cc(OC)ccc3OC)C3=[N+]2CCCCC3)cc1.[Br-]. The molecule has 2 aliphatic heterocycles. The van der Waals surface area contributed by atoms with Crippen LogP contribution >= 0.6 is 0 Å².